The minimum atomic E-state index is -1.13. The molecular formula is C28H38FN5O4. The van der Waals surface area contributed by atoms with Gasteiger partial charge in [0.15, 0.2) is 0 Å². The highest BCUT2D eigenvalue weighted by molar-refractivity contribution is 5.90. The van der Waals surface area contributed by atoms with Crippen LogP contribution in [0.5, 0.6) is 0 Å². The van der Waals surface area contributed by atoms with E-state index < -0.39 is 29.2 Å². The van der Waals surface area contributed by atoms with Crippen molar-refractivity contribution in [3.63, 3.8) is 0 Å². The van der Waals surface area contributed by atoms with Crippen LogP contribution in [0.3, 0.4) is 0 Å². The van der Waals surface area contributed by atoms with E-state index in [1.807, 2.05) is 27.0 Å². The molecule has 2 saturated carbocycles. The number of aromatic nitrogens is 3. The maximum absolute atomic E-state index is 13.9. The van der Waals surface area contributed by atoms with Gasteiger partial charge in [0, 0.05) is 31.1 Å². The minimum Gasteiger partial charge on any atom is -0.391 e. The van der Waals surface area contributed by atoms with Gasteiger partial charge < -0.3 is 20.4 Å². The number of rotatable bonds is 6. The van der Waals surface area contributed by atoms with Crippen LogP contribution in [-0.2, 0) is 15.2 Å². The molecule has 9 nitrogen and oxygen atoms in total. The van der Waals surface area contributed by atoms with Gasteiger partial charge >= 0.3 is 0 Å². The molecule has 2 aliphatic carbocycles. The van der Waals surface area contributed by atoms with E-state index in [-0.39, 0.29) is 36.6 Å². The molecule has 0 spiro atoms. The van der Waals surface area contributed by atoms with Crippen molar-refractivity contribution in [2.75, 3.05) is 6.54 Å². The Balaban J connectivity index is 1.26. The highest BCUT2D eigenvalue weighted by atomic mass is 19.1. The highest BCUT2D eigenvalue weighted by Crippen LogP contribution is 2.41. The Hall–Kier alpha value is -2.85. The van der Waals surface area contributed by atoms with E-state index in [4.69, 9.17) is 0 Å². The lowest BCUT2D eigenvalue weighted by Gasteiger charge is -2.38. The van der Waals surface area contributed by atoms with E-state index >= 15 is 0 Å². The lowest BCUT2D eigenvalue weighted by atomic mass is 9.77. The lowest BCUT2D eigenvalue weighted by Crippen LogP contribution is -2.52. The highest BCUT2D eigenvalue weighted by Gasteiger charge is 2.46. The number of nitrogens with zero attached hydrogens (tertiary/aromatic N) is 4. The van der Waals surface area contributed by atoms with Gasteiger partial charge in [0.1, 0.15) is 17.9 Å². The standard InChI is InChI=1S/C28H38FN5O4/c1-27(2,3)24(34-16-22(31-32-34)17-7-8-17)26(37)33-15-21(35)14-23(33)25(36)30-20-9-11-28(38,12-10-20)18-5-4-6-19(29)13-18/h4-6,13,16-17,20-21,23-24,35,38H,7-12,14-15H2,1-3H3,(H,30,36)/t20?,21-,23+,24-,28?/m1/s1. The van der Waals surface area contributed by atoms with Crippen LogP contribution in [0.1, 0.15) is 88.9 Å². The average molecular weight is 528 g/mol. The van der Waals surface area contributed by atoms with E-state index in [1.165, 1.54) is 17.0 Å². The molecule has 206 valence electrons. The monoisotopic (exact) mass is 527 g/mol. The Bertz CT molecular complexity index is 1180. The summed E-state index contributed by atoms with van der Waals surface area (Å²) in [5.74, 6) is -0.550. The molecule has 3 atom stereocenters. The molecule has 0 radical (unpaired) electrons. The number of hydrogen-bond donors (Lipinski definition) is 3. The smallest absolute Gasteiger partial charge is 0.248 e. The molecule has 5 rings (SSSR count). The number of halogens is 1. The van der Waals surface area contributed by atoms with Gasteiger partial charge in [-0.15, -0.1) is 5.10 Å². The first-order chi connectivity index (χ1) is 17.9. The Morgan fingerprint density at radius 3 is 2.53 bits per heavy atom. The molecule has 10 heteroatoms. The zero-order valence-corrected chi connectivity index (χ0v) is 22.3. The topological polar surface area (TPSA) is 121 Å². The fraction of sp³-hybridized carbons (Fsp3) is 0.643. The molecule has 38 heavy (non-hydrogen) atoms. The van der Waals surface area contributed by atoms with Crippen molar-refractivity contribution in [3.8, 4) is 0 Å². The van der Waals surface area contributed by atoms with Crippen LogP contribution in [0.15, 0.2) is 30.5 Å². The predicted molar refractivity (Wildman–Crippen MR) is 137 cm³/mol. The second-order valence-corrected chi connectivity index (χ2v) is 12.4. The third-order valence-corrected chi connectivity index (χ3v) is 8.23. The van der Waals surface area contributed by atoms with Gasteiger partial charge in [0.2, 0.25) is 11.8 Å². The molecule has 3 N–H and O–H groups in total. The van der Waals surface area contributed by atoms with Crippen LogP contribution in [0.2, 0.25) is 0 Å². The molecule has 3 aliphatic rings. The van der Waals surface area contributed by atoms with Gasteiger partial charge in [-0.05, 0) is 61.6 Å². The average Bonchev–Trinajstić information content (AvgIpc) is 3.46. The summed E-state index contributed by atoms with van der Waals surface area (Å²) < 4.78 is 15.3. The van der Waals surface area contributed by atoms with E-state index in [0.717, 1.165) is 18.5 Å². The fourth-order valence-electron chi connectivity index (χ4n) is 5.93. The number of nitrogens with one attached hydrogen (secondary N) is 1. The normalized spacial score (nSPS) is 28.8. The van der Waals surface area contributed by atoms with Crippen molar-refractivity contribution in [3.05, 3.63) is 47.5 Å². The second kappa shape index (κ2) is 10.0. The Morgan fingerprint density at radius 1 is 1.18 bits per heavy atom. The van der Waals surface area contributed by atoms with Crippen LogP contribution in [0.4, 0.5) is 4.39 Å². The molecule has 2 aromatic rings. The quantitative estimate of drug-likeness (QED) is 0.531. The third kappa shape index (κ3) is 5.47. The van der Waals surface area contributed by atoms with Crippen LogP contribution in [-0.4, -0.2) is 66.7 Å². The summed E-state index contributed by atoms with van der Waals surface area (Å²) in [5, 5.41) is 33.1. The number of carbonyl (C=O) groups excluding carboxylic acids is 2. The first-order valence-electron chi connectivity index (χ1n) is 13.6. The zero-order valence-electron chi connectivity index (χ0n) is 22.3. The number of β-amino-alcohol motifs (C(OH)–C–C–N with tert-alkyl or cyclic N) is 1. The van der Waals surface area contributed by atoms with Gasteiger partial charge in [-0.2, -0.15) is 0 Å². The number of benzene rings is 1. The van der Waals surface area contributed by atoms with Gasteiger partial charge in [-0.1, -0.05) is 38.1 Å². The summed E-state index contributed by atoms with van der Waals surface area (Å²) in [6, 6.07) is 4.37. The molecule has 1 aliphatic heterocycles. The van der Waals surface area contributed by atoms with E-state index in [1.54, 1.807) is 16.8 Å². The Kier molecular flexibility index (Phi) is 7.06. The molecule has 1 saturated heterocycles. The molecule has 3 fully saturated rings. The van der Waals surface area contributed by atoms with Crippen molar-refractivity contribution in [2.45, 2.75) is 101 Å². The summed E-state index contributed by atoms with van der Waals surface area (Å²) in [6.07, 6.45) is 5.19. The van der Waals surface area contributed by atoms with Crippen molar-refractivity contribution in [2.24, 2.45) is 5.41 Å². The summed E-state index contributed by atoms with van der Waals surface area (Å²) in [6.45, 7) is 5.95. The molecular weight excluding hydrogens is 489 g/mol. The molecule has 2 amide bonds. The zero-order chi connectivity index (χ0) is 27.2. The molecule has 2 heterocycles. The maximum atomic E-state index is 13.9. The number of carbonyl (C=O) groups is 2. The lowest BCUT2D eigenvalue weighted by molar-refractivity contribution is -0.144. The molecule has 0 bridgehead atoms. The van der Waals surface area contributed by atoms with Crippen molar-refractivity contribution in [1.82, 2.24) is 25.2 Å². The van der Waals surface area contributed by atoms with Crippen molar-refractivity contribution < 1.29 is 24.2 Å². The van der Waals surface area contributed by atoms with Gasteiger partial charge in [0.25, 0.3) is 0 Å². The van der Waals surface area contributed by atoms with Crippen LogP contribution in [0, 0.1) is 11.2 Å². The molecule has 0 unspecified atom stereocenters. The number of hydrogen-bond acceptors (Lipinski definition) is 6. The third-order valence-electron chi connectivity index (χ3n) is 8.23. The SMILES string of the molecule is CC(C)(C)[C@@H](C(=O)N1C[C@H](O)C[C@H]1C(=O)NC1CCC(O)(c2cccc(F)c2)CC1)n1cc(C2CC2)nn1. The summed E-state index contributed by atoms with van der Waals surface area (Å²) in [7, 11) is 0. The van der Waals surface area contributed by atoms with Crippen LogP contribution >= 0.6 is 0 Å². The van der Waals surface area contributed by atoms with Gasteiger partial charge in [0.05, 0.1) is 17.4 Å². The molecule has 1 aromatic heterocycles. The van der Waals surface area contributed by atoms with Crippen LogP contribution in [0.25, 0.3) is 0 Å². The largest absolute Gasteiger partial charge is 0.391 e. The van der Waals surface area contributed by atoms with E-state index in [0.29, 0.717) is 37.2 Å². The Morgan fingerprint density at radius 2 is 1.89 bits per heavy atom. The molecule has 1 aromatic carbocycles. The first-order valence-corrected chi connectivity index (χ1v) is 13.6. The summed E-state index contributed by atoms with van der Waals surface area (Å²) >= 11 is 0. The van der Waals surface area contributed by atoms with Crippen molar-refractivity contribution in [1.29, 1.82) is 0 Å². The summed E-state index contributed by atoms with van der Waals surface area (Å²) in [4.78, 5) is 28.8. The van der Waals surface area contributed by atoms with Crippen LogP contribution < -0.4 is 5.32 Å². The number of amides is 2. The number of aliphatic hydroxyl groups is 2. The van der Waals surface area contributed by atoms with Gasteiger partial charge in [-0.25, -0.2) is 9.07 Å². The van der Waals surface area contributed by atoms with E-state index in [9.17, 15) is 24.2 Å². The van der Waals surface area contributed by atoms with Gasteiger partial charge in [-0.3, -0.25) is 9.59 Å². The minimum absolute atomic E-state index is 0.0810. The number of aliphatic hydroxyl groups excluding tert-OH is 1. The Labute approximate surface area is 222 Å². The van der Waals surface area contributed by atoms with E-state index in [2.05, 4.69) is 15.6 Å². The second-order valence-electron chi connectivity index (χ2n) is 12.4. The summed E-state index contributed by atoms with van der Waals surface area (Å²) in [5.41, 5.74) is -0.195. The fourth-order valence-corrected chi connectivity index (χ4v) is 5.93. The number of likely N-dealkylation sites (tertiary alicyclic amines) is 1. The van der Waals surface area contributed by atoms with Crippen molar-refractivity contribution >= 4 is 11.8 Å². The first kappa shape index (κ1) is 26.7. The maximum Gasteiger partial charge on any atom is 0.248 e. The predicted octanol–water partition coefficient (Wildman–Crippen LogP) is 2.79.